The van der Waals surface area contributed by atoms with Crippen LogP contribution in [0.5, 0.6) is 0 Å². The van der Waals surface area contributed by atoms with Gasteiger partial charge < -0.3 is 4.74 Å². The van der Waals surface area contributed by atoms with Gasteiger partial charge in [-0.15, -0.1) is 0 Å². The van der Waals surface area contributed by atoms with E-state index in [0.29, 0.717) is 11.0 Å². The summed E-state index contributed by atoms with van der Waals surface area (Å²) in [4.78, 5) is 2.61. The van der Waals surface area contributed by atoms with Crippen molar-refractivity contribution in [2.24, 2.45) is 5.41 Å². The Bertz CT molecular complexity index is 191. The molecule has 13 heavy (non-hydrogen) atoms. The minimum atomic E-state index is 0.336. The summed E-state index contributed by atoms with van der Waals surface area (Å²) >= 11 is 0. The van der Waals surface area contributed by atoms with Crippen molar-refractivity contribution in [1.82, 2.24) is 4.90 Å². The maximum atomic E-state index is 5.35. The van der Waals surface area contributed by atoms with E-state index in [1.807, 2.05) is 0 Å². The van der Waals surface area contributed by atoms with Gasteiger partial charge in [0.15, 0.2) is 0 Å². The first-order valence-electron chi connectivity index (χ1n) is 5.35. The summed E-state index contributed by atoms with van der Waals surface area (Å²) in [6.45, 7) is 11.4. The molecule has 0 saturated carbocycles. The molecule has 2 saturated heterocycles. The van der Waals surface area contributed by atoms with E-state index in [1.165, 1.54) is 25.9 Å². The molecule has 2 rings (SSSR count). The molecule has 0 unspecified atom stereocenters. The average molecular weight is 183 g/mol. The van der Waals surface area contributed by atoms with Crippen LogP contribution in [0, 0.1) is 5.41 Å². The van der Waals surface area contributed by atoms with Gasteiger partial charge in [-0.1, -0.05) is 0 Å². The molecule has 0 amide bonds. The van der Waals surface area contributed by atoms with E-state index < -0.39 is 0 Å². The molecule has 2 heteroatoms. The lowest BCUT2D eigenvalue weighted by molar-refractivity contribution is -0.154. The van der Waals surface area contributed by atoms with Gasteiger partial charge in [-0.25, -0.2) is 0 Å². The van der Waals surface area contributed by atoms with Crippen molar-refractivity contribution >= 4 is 0 Å². The molecule has 0 aliphatic carbocycles. The van der Waals surface area contributed by atoms with Gasteiger partial charge in [0.1, 0.15) is 0 Å². The Kier molecular flexibility index (Phi) is 2.16. The zero-order chi connectivity index (χ0) is 9.53. The van der Waals surface area contributed by atoms with Crippen LogP contribution in [0.25, 0.3) is 0 Å². The van der Waals surface area contributed by atoms with Crippen molar-refractivity contribution in [3.63, 3.8) is 0 Å². The van der Waals surface area contributed by atoms with Crippen molar-refractivity contribution in [1.29, 1.82) is 0 Å². The van der Waals surface area contributed by atoms with E-state index in [2.05, 4.69) is 25.7 Å². The molecule has 0 radical (unpaired) electrons. The lowest BCUT2D eigenvalue weighted by Gasteiger charge is -2.51. The monoisotopic (exact) mass is 183 g/mol. The Morgan fingerprint density at radius 1 is 1.23 bits per heavy atom. The van der Waals surface area contributed by atoms with Gasteiger partial charge in [0.05, 0.1) is 13.2 Å². The molecule has 0 bridgehead atoms. The topological polar surface area (TPSA) is 12.5 Å². The number of rotatable bonds is 0. The molecule has 2 heterocycles. The van der Waals surface area contributed by atoms with Crippen LogP contribution in [0.2, 0.25) is 0 Å². The van der Waals surface area contributed by atoms with Gasteiger partial charge in [0, 0.05) is 17.5 Å². The maximum Gasteiger partial charge on any atom is 0.0557 e. The molecule has 1 spiro atoms. The molecular formula is C11H21NO. The van der Waals surface area contributed by atoms with Gasteiger partial charge in [0.25, 0.3) is 0 Å². The summed E-state index contributed by atoms with van der Waals surface area (Å²) in [6.07, 6.45) is 2.72. The summed E-state index contributed by atoms with van der Waals surface area (Å²) in [6, 6.07) is 0. The molecule has 0 aromatic heterocycles. The summed E-state index contributed by atoms with van der Waals surface area (Å²) in [7, 11) is 0. The first kappa shape index (κ1) is 9.47. The van der Waals surface area contributed by atoms with E-state index >= 15 is 0 Å². The Labute approximate surface area is 81.3 Å². The summed E-state index contributed by atoms with van der Waals surface area (Å²) in [5.74, 6) is 0. The molecule has 0 aromatic carbocycles. The average Bonchev–Trinajstić information content (AvgIpc) is 2.00. The van der Waals surface area contributed by atoms with Crippen molar-refractivity contribution in [2.45, 2.75) is 39.2 Å². The highest BCUT2D eigenvalue weighted by molar-refractivity contribution is 4.94. The SMILES string of the molecule is CC(C)(C)N1CCCC2(COC2)C1. The third kappa shape index (κ3) is 1.75. The predicted molar refractivity (Wildman–Crippen MR) is 53.8 cm³/mol. The van der Waals surface area contributed by atoms with Crippen LogP contribution in [0.4, 0.5) is 0 Å². The quantitative estimate of drug-likeness (QED) is 0.568. The summed E-state index contributed by atoms with van der Waals surface area (Å²) in [5, 5.41) is 0. The van der Waals surface area contributed by atoms with Crippen LogP contribution in [0.15, 0.2) is 0 Å². The second-order valence-electron chi connectivity index (χ2n) is 5.69. The first-order valence-corrected chi connectivity index (χ1v) is 5.35. The Hall–Kier alpha value is -0.0800. The van der Waals surface area contributed by atoms with Crippen LogP contribution >= 0.6 is 0 Å². The molecular weight excluding hydrogens is 162 g/mol. The number of piperidine rings is 1. The van der Waals surface area contributed by atoms with Crippen molar-refractivity contribution in [2.75, 3.05) is 26.3 Å². The molecule has 2 aliphatic rings. The first-order chi connectivity index (χ1) is 6.02. The number of hydrogen-bond acceptors (Lipinski definition) is 2. The standard InChI is InChI=1S/C11H21NO/c1-10(2,3)12-6-4-5-11(7-12)8-13-9-11/h4-9H2,1-3H3. The van der Waals surface area contributed by atoms with Gasteiger partial charge in [-0.05, 0) is 40.2 Å². The highest BCUT2D eigenvalue weighted by Gasteiger charge is 2.43. The Morgan fingerprint density at radius 2 is 1.92 bits per heavy atom. The van der Waals surface area contributed by atoms with Crippen molar-refractivity contribution in [3.8, 4) is 0 Å². The number of nitrogens with zero attached hydrogens (tertiary/aromatic N) is 1. The summed E-state index contributed by atoms with van der Waals surface area (Å²) in [5.41, 5.74) is 0.870. The fourth-order valence-corrected chi connectivity index (χ4v) is 2.41. The smallest absolute Gasteiger partial charge is 0.0557 e. The van der Waals surface area contributed by atoms with Crippen LogP contribution in [0.3, 0.4) is 0 Å². The molecule has 2 aliphatic heterocycles. The molecule has 2 nitrogen and oxygen atoms in total. The van der Waals surface area contributed by atoms with E-state index in [-0.39, 0.29) is 0 Å². The van der Waals surface area contributed by atoms with Gasteiger partial charge >= 0.3 is 0 Å². The normalized spacial score (nSPS) is 28.8. The van der Waals surface area contributed by atoms with Crippen molar-refractivity contribution in [3.05, 3.63) is 0 Å². The van der Waals surface area contributed by atoms with Crippen LogP contribution in [0.1, 0.15) is 33.6 Å². The van der Waals surface area contributed by atoms with E-state index in [0.717, 1.165) is 13.2 Å². The Morgan fingerprint density at radius 3 is 2.38 bits per heavy atom. The predicted octanol–water partition coefficient (Wildman–Crippen LogP) is 1.90. The molecule has 0 aromatic rings. The number of likely N-dealkylation sites (tertiary alicyclic amines) is 1. The zero-order valence-electron chi connectivity index (χ0n) is 9.10. The fourth-order valence-electron chi connectivity index (χ4n) is 2.41. The third-order valence-electron chi connectivity index (χ3n) is 3.43. The van der Waals surface area contributed by atoms with E-state index in [4.69, 9.17) is 4.74 Å². The van der Waals surface area contributed by atoms with E-state index in [9.17, 15) is 0 Å². The largest absolute Gasteiger partial charge is 0.380 e. The molecule has 76 valence electrons. The molecule has 0 N–H and O–H groups in total. The third-order valence-corrected chi connectivity index (χ3v) is 3.43. The lowest BCUT2D eigenvalue weighted by atomic mass is 9.77. The maximum absolute atomic E-state index is 5.35. The zero-order valence-corrected chi connectivity index (χ0v) is 9.10. The second-order valence-corrected chi connectivity index (χ2v) is 5.69. The van der Waals surface area contributed by atoms with Crippen molar-refractivity contribution < 1.29 is 4.74 Å². The number of ether oxygens (including phenoxy) is 1. The lowest BCUT2D eigenvalue weighted by Crippen LogP contribution is -2.58. The molecule has 0 atom stereocenters. The van der Waals surface area contributed by atoms with Gasteiger partial charge in [-0.3, -0.25) is 4.90 Å². The van der Waals surface area contributed by atoms with E-state index in [1.54, 1.807) is 0 Å². The van der Waals surface area contributed by atoms with Gasteiger partial charge in [-0.2, -0.15) is 0 Å². The van der Waals surface area contributed by atoms with Crippen LogP contribution in [-0.4, -0.2) is 36.7 Å². The van der Waals surface area contributed by atoms with Gasteiger partial charge in [0.2, 0.25) is 0 Å². The molecule has 2 fully saturated rings. The van der Waals surface area contributed by atoms with Crippen LogP contribution in [-0.2, 0) is 4.74 Å². The summed E-state index contributed by atoms with van der Waals surface area (Å²) < 4.78 is 5.35. The second kappa shape index (κ2) is 2.96. The highest BCUT2D eigenvalue weighted by atomic mass is 16.5. The minimum absolute atomic E-state index is 0.336. The highest BCUT2D eigenvalue weighted by Crippen LogP contribution is 2.38. The fraction of sp³-hybridized carbons (Fsp3) is 1.00. The number of hydrogen-bond donors (Lipinski definition) is 0. The minimum Gasteiger partial charge on any atom is -0.380 e. The van der Waals surface area contributed by atoms with Crippen LogP contribution < -0.4 is 0 Å². The Balaban J connectivity index is 2.00.